The van der Waals surface area contributed by atoms with Crippen LogP contribution in [0.4, 0.5) is 5.69 Å². The summed E-state index contributed by atoms with van der Waals surface area (Å²) in [6.45, 7) is 6.13. The molecule has 0 atom stereocenters. The van der Waals surface area contributed by atoms with Crippen LogP contribution >= 0.6 is 0 Å². The summed E-state index contributed by atoms with van der Waals surface area (Å²) >= 11 is 0. The van der Waals surface area contributed by atoms with Gasteiger partial charge >= 0.3 is 0 Å². The molecular formula is C21H22N2O2. The minimum atomic E-state index is -0.155. The zero-order valence-electron chi connectivity index (χ0n) is 14.8. The molecule has 0 radical (unpaired) electrons. The Morgan fingerprint density at radius 2 is 1.84 bits per heavy atom. The lowest BCUT2D eigenvalue weighted by Crippen LogP contribution is -2.32. The molecule has 0 fully saturated rings. The molecule has 0 spiro atoms. The quantitative estimate of drug-likeness (QED) is 0.781. The molecule has 1 N–H and O–H groups in total. The van der Waals surface area contributed by atoms with Gasteiger partial charge in [-0.2, -0.15) is 0 Å². The number of hydrogen-bond acceptors (Lipinski definition) is 2. The normalized spacial score (nSPS) is 10.8. The van der Waals surface area contributed by atoms with Crippen LogP contribution in [0.5, 0.6) is 0 Å². The van der Waals surface area contributed by atoms with E-state index in [2.05, 4.69) is 4.98 Å². The fourth-order valence-corrected chi connectivity index (χ4v) is 3.01. The van der Waals surface area contributed by atoms with Gasteiger partial charge in [-0.1, -0.05) is 37.3 Å². The number of nitrogens with one attached hydrogen (secondary N) is 1. The SMILES string of the molecule is CCC(=O)N(Cc1cc2ccccc2[nH]c1=O)c1cccc(C)c1C. The van der Waals surface area contributed by atoms with Crippen molar-refractivity contribution in [1.82, 2.24) is 4.98 Å². The van der Waals surface area contributed by atoms with Crippen molar-refractivity contribution in [1.29, 1.82) is 0 Å². The minimum absolute atomic E-state index is 0.00117. The molecule has 4 heteroatoms. The zero-order valence-corrected chi connectivity index (χ0v) is 14.8. The van der Waals surface area contributed by atoms with E-state index in [-0.39, 0.29) is 18.0 Å². The molecule has 2 aromatic carbocycles. The number of para-hydroxylation sites is 1. The third-order valence-corrected chi connectivity index (χ3v) is 4.63. The predicted octanol–water partition coefficient (Wildman–Crippen LogP) is 4.09. The Kier molecular flexibility index (Phi) is 4.70. The van der Waals surface area contributed by atoms with Gasteiger partial charge in [0, 0.05) is 23.2 Å². The van der Waals surface area contributed by atoms with Gasteiger partial charge in [-0.3, -0.25) is 9.59 Å². The number of H-pyrrole nitrogens is 1. The molecule has 0 aliphatic rings. The van der Waals surface area contributed by atoms with E-state index in [1.54, 1.807) is 4.90 Å². The lowest BCUT2D eigenvalue weighted by atomic mass is 10.1. The number of fused-ring (bicyclic) bond motifs is 1. The van der Waals surface area contributed by atoms with Crippen molar-refractivity contribution in [2.24, 2.45) is 0 Å². The van der Waals surface area contributed by atoms with Crippen LogP contribution in [-0.4, -0.2) is 10.9 Å². The van der Waals surface area contributed by atoms with E-state index >= 15 is 0 Å². The summed E-state index contributed by atoms with van der Waals surface area (Å²) in [6, 6.07) is 15.4. The number of carbonyl (C=O) groups is 1. The molecule has 128 valence electrons. The van der Waals surface area contributed by atoms with Gasteiger partial charge in [0.05, 0.1) is 6.54 Å². The van der Waals surface area contributed by atoms with Crippen molar-refractivity contribution in [3.8, 4) is 0 Å². The molecule has 0 unspecified atom stereocenters. The van der Waals surface area contributed by atoms with Crippen molar-refractivity contribution in [2.45, 2.75) is 33.7 Å². The summed E-state index contributed by atoms with van der Waals surface area (Å²) < 4.78 is 0. The highest BCUT2D eigenvalue weighted by Gasteiger charge is 2.18. The summed E-state index contributed by atoms with van der Waals surface area (Å²) in [6.07, 6.45) is 0.388. The smallest absolute Gasteiger partial charge is 0.253 e. The predicted molar refractivity (Wildman–Crippen MR) is 102 cm³/mol. The fourth-order valence-electron chi connectivity index (χ4n) is 3.01. The number of hydrogen-bond donors (Lipinski definition) is 1. The number of aromatic nitrogens is 1. The maximum Gasteiger partial charge on any atom is 0.253 e. The van der Waals surface area contributed by atoms with Gasteiger partial charge in [0.15, 0.2) is 0 Å². The topological polar surface area (TPSA) is 53.2 Å². The molecule has 0 saturated heterocycles. The average Bonchev–Trinajstić information content (AvgIpc) is 2.62. The lowest BCUT2D eigenvalue weighted by Gasteiger charge is -2.25. The Balaban J connectivity index is 2.07. The molecule has 25 heavy (non-hydrogen) atoms. The van der Waals surface area contributed by atoms with Gasteiger partial charge < -0.3 is 9.88 Å². The summed E-state index contributed by atoms with van der Waals surface area (Å²) in [4.78, 5) is 29.7. The van der Waals surface area contributed by atoms with E-state index in [0.717, 1.165) is 27.7 Å². The molecule has 0 aliphatic carbocycles. The maximum absolute atomic E-state index is 12.6. The first kappa shape index (κ1) is 17.0. The van der Waals surface area contributed by atoms with Gasteiger partial charge in [-0.15, -0.1) is 0 Å². The summed E-state index contributed by atoms with van der Waals surface area (Å²) in [7, 11) is 0. The van der Waals surface area contributed by atoms with E-state index in [1.807, 2.05) is 69.3 Å². The number of nitrogens with zero attached hydrogens (tertiary/aromatic N) is 1. The van der Waals surface area contributed by atoms with Gasteiger partial charge in [-0.25, -0.2) is 0 Å². The fraction of sp³-hybridized carbons (Fsp3) is 0.238. The van der Waals surface area contributed by atoms with E-state index in [9.17, 15) is 9.59 Å². The number of benzene rings is 2. The maximum atomic E-state index is 12.6. The van der Waals surface area contributed by atoms with Crippen LogP contribution < -0.4 is 10.5 Å². The van der Waals surface area contributed by atoms with Crippen LogP contribution in [-0.2, 0) is 11.3 Å². The van der Waals surface area contributed by atoms with E-state index in [0.29, 0.717) is 12.0 Å². The monoisotopic (exact) mass is 334 g/mol. The first-order valence-corrected chi connectivity index (χ1v) is 8.48. The summed E-state index contributed by atoms with van der Waals surface area (Å²) in [5.41, 5.74) is 4.27. The highest BCUT2D eigenvalue weighted by atomic mass is 16.2. The van der Waals surface area contributed by atoms with Crippen molar-refractivity contribution in [3.63, 3.8) is 0 Å². The van der Waals surface area contributed by atoms with E-state index in [4.69, 9.17) is 0 Å². The van der Waals surface area contributed by atoms with Crippen LogP contribution in [0.2, 0.25) is 0 Å². The Morgan fingerprint density at radius 1 is 1.08 bits per heavy atom. The van der Waals surface area contributed by atoms with Crippen LogP contribution in [0.1, 0.15) is 30.0 Å². The van der Waals surface area contributed by atoms with E-state index in [1.165, 1.54) is 0 Å². The number of anilines is 1. The standard InChI is InChI=1S/C21H22N2O2/c1-4-20(24)23(19-11-7-8-14(2)15(19)3)13-17-12-16-9-5-6-10-18(16)22-21(17)25/h5-12H,4,13H2,1-3H3,(H,22,25). The number of pyridine rings is 1. The van der Waals surface area contributed by atoms with Crippen molar-refractivity contribution in [2.75, 3.05) is 4.90 Å². The number of aryl methyl sites for hydroxylation is 1. The molecular weight excluding hydrogens is 312 g/mol. The molecule has 1 aromatic heterocycles. The molecule has 4 nitrogen and oxygen atoms in total. The first-order valence-electron chi connectivity index (χ1n) is 8.48. The molecule has 0 bridgehead atoms. The van der Waals surface area contributed by atoms with Gasteiger partial charge in [-0.05, 0) is 48.6 Å². The summed E-state index contributed by atoms with van der Waals surface area (Å²) in [5, 5.41) is 0.960. The van der Waals surface area contributed by atoms with Crippen molar-refractivity contribution in [3.05, 3.63) is 75.6 Å². The minimum Gasteiger partial charge on any atom is -0.322 e. The summed E-state index contributed by atoms with van der Waals surface area (Å²) in [5.74, 6) is 0.00117. The highest BCUT2D eigenvalue weighted by molar-refractivity contribution is 5.94. The largest absolute Gasteiger partial charge is 0.322 e. The molecule has 1 amide bonds. The molecule has 3 aromatic rings. The van der Waals surface area contributed by atoms with E-state index < -0.39 is 0 Å². The Morgan fingerprint density at radius 3 is 2.60 bits per heavy atom. The zero-order chi connectivity index (χ0) is 18.0. The molecule has 0 saturated carbocycles. The molecule has 1 heterocycles. The lowest BCUT2D eigenvalue weighted by molar-refractivity contribution is -0.118. The molecule has 0 aliphatic heterocycles. The van der Waals surface area contributed by atoms with Crippen molar-refractivity contribution >= 4 is 22.5 Å². The third-order valence-electron chi connectivity index (χ3n) is 4.63. The van der Waals surface area contributed by atoms with Crippen LogP contribution in [0.3, 0.4) is 0 Å². The average molecular weight is 334 g/mol. The Hall–Kier alpha value is -2.88. The Bertz CT molecular complexity index is 989. The van der Waals surface area contributed by atoms with Crippen LogP contribution in [0.25, 0.3) is 10.9 Å². The third kappa shape index (κ3) is 3.33. The second-order valence-corrected chi connectivity index (χ2v) is 6.26. The number of aromatic amines is 1. The number of carbonyl (C=O) groups excluding carboxylic acids is 1. The van der Waals surface area contributed by atoms with Crippen LogP contribution in [0.15, 0.2) is 53.3 Å². The Labute approximate surface area is 147 Å². The van der Waals surface area contributed by atoms with Crippen molar-refractivity contribution < 1.29 is 4.79 Å². The second-order valence-electron chi connectivity index (χ2n) is 6.26. The van der Waals surface area contributed by atoms with Gasteiger partial charge in [0.2, 0.25) is 5.91 Å². The van der Waals surface area contributed by atoms with Crippen LogP contribution in [0, 0.1) is 13.8 Å². The highest BCUT2D eigenvalue weighted by Crippen LogP contribution is 2.25. The second kappa shape index (κ2) is 6.93. The van der Waals surface area contributed by atoms with Gasteiger partial charge in [0.1, 0.15) is 0 Å². The number of amides is 1. The molecule has 3 rings (SSSR count). The first-order chi connectivity index (χ1) is 12.0. The number of rotatable bonds is 4. The van der Waals surface area contributed by atoms with Gasteiger partial charge in [0.25, 0.3) is 5.56 Å².